The Morgan fingerprint density at radius 1 is 0.343 bits per heavy atom. The second kappa shape index (κ2) is 30.2. The van der Waals surface area contributed by atoms with Crippen molar-refractivity contribution in [3.8, 4) is 0 Å². The van der Waals surface area contributed by atoms with Gasteiger partial charge in [-0.2, -0.15) is 0 Å². The van der Waals surface area contributed by atoms with Crippen LogP contribution in [0.1, 0.15) is 200 Å². The fourth-order valence-electron chi connectivity index (χ4n) is 19.9. The fraction of sp³-hybridized carbons (Fsp3) is 0.643. The molecule has 546 valence electrons. The van der Waals surface area contributed by atoms with Crippen LogP contribution in [0.25, 0.3) is 32.7 Å². The smallest absolute Gasteiger partial charge is 0.253 e. The zero-order chi connectivity index (χ0) is 69.7. The Morgan fingerprint density at radius 2 is 0.618 bits per heavy atom. The minimum atomic E-state index is -0.0771. The summed E-state index contributed by atoms with van der Waals surface area (Å²) in [6.07, 6.45) is 29.4. The molecule has 18 rings (SSSR count). The lowest BCUT2D eigenvalue weighted by Gasteiger charge is -2.33. The second-order valence-electron chi connectivity index (χ2n) is 33.1. The molecule has 3 saturated carbocycles. The monoisotopic (exact) mass is 1390 g/mol. The van der Waals surface area contributed by atoms with E-state index in [1.54, 1.807) is 0 Å². The van der Waals surface area contributed by atoms with Crippen LogP contribution in [-0.4, -0.2) is 161 Å². The van der Waals surface area contributed by atoms with Crippen molar-refractivity contribution >= 4 is 68.2 Å². The molecular weight excluding hydrogens is 1280 g/mol. The predicted molar refractivity (Wildman–Crippen MR) is 395 cm³/mol. The third-order valence-electron chi connectivity index (χ3n) is 26.5. The largest absolute Gasteiger partial charge is 0.381 e. The Bertz CT molecular complexity index is 3700. The van der Waals surface area contributed by atoms with Gasteiger partial charge < -0.3 is 58.6 Å². The van der Waals surface area contributed by atoms with Gasteiger partial charge in [0.1, 0.15) is 0 Å². The van der Waals surface area contributed by atoms with Crippen molar-refractivity contribution in [2.45, 2.75) is 191 Å². The molecule has 9 fully saturated rings. The number of amides is 6. The third-order valence-corrected chi connectivity index (χ3v) is 26.5. The van der Waals surface area contributed by atoms with E-state index in [4.69, 9.17) is 14.2 Å². The number of nitrogens with one attached hydrogen (secondary N) is 3. The van der Waals surface area contributed by atoms with E-state index in [0.717, 1.165) is 209 Å². The van der Waals surface area contributed by atoms with Crippen LogP contribution < -0.4 is 16.0 Å². The van der Waals surface area contributed by atoms with Crippen molar-refractivity contribution in [3.63, 3.8) is 0 Å². The van der Waals surface area contributed by atoms with Gasteiger partial charge in [0.05, 0.1) is 17.8 Å². The van der Waals surface area contributed by atoms with Crippen LogP contribution in [0.5, 0.6) is 0 Å². The Balaban J connectivity index is 0.000000118. The van der Waals surface area contributed by atoms with Gasteiger partial charge in [-0.05, 0) is 280 Å². The van der Waals surface area contributed by atoms with E-state index in [1.807, 2.05) is 32.9 Å². The van der Waals surface area contributed by atoms with Crippen LogP contribution in [0.4, 0.5) is 0 Å². The van der Waals surface area contributed by atoms with E-state index in [-0.39, 0.29) is 53.2 Å². The quantitative estimate of drug-likeness (QED) is 0.107. The van der Waals surface area contributed by atoms with Gasteiger partial charge in [0.15, 0.2) is 0 Å². The molecular formula is C84H111N9O9. The Labute approximate surface area is 602 Å². The molecule has 3 unspecified atom stereocenters. The topological polar surface area (TPSA) is 191 Å². The maximum absolute atomic E-state index is 13.5. The molecule has 3 aromatic carbocycles. The summed E-state index contributed by atoms with van der Waals surface area (Å²) < 4.78 is 23.9. The van der Waals surface area contributed by atoms with Crippen molar-refractivity contribution < 1.29 is 43.0 Å². The third kappa shape index (κ3) is 14.9. The molecule has 3 aromatic heterocycles. The fourth-order valence-corrected chi connectivity index (χ4v) is 19.9. The number of nitrogens with zero attached hydrogens (tertiary/aromatic N) is 6. The number of piperidine rings is 3. The summed E-state index contributed by atoms with van der Waals surface area (Å²) in [6.45, 7) is 9.23. The molecule has 3 N–H and O–H groups in total. The molecule has 0 radical (unpaired) electrons. The van der Waals surface area contributed by atoms with Crippen molar-refractivity contribution in [1.82, 2.24) is 44.4 Å². The molecule has 6 aromatic rings. The van der Waals surface area contributed by atoms with E-state index in [1.165, 1.54) is 124 Å². The van der Waals surface area contributed by atoms with Gasteiger partial charge in [0.25, 0.3) is 17.7 Å². The normalized spacial score (nSPS) is 25.9. The number of likely N-dealkylation sites (tertiary alicyclic amines) is 3. The number of benzene rings is 3. The minimum Gasteiger partial charge on any atom is -0.381 e. The van der Waals surface area contributed by atoms with Crippen LogP contribution in [0.15, 0.2) is 54.6 Å². The number of carbonyl (C=O) groups excluding carboxylic acids is 6. The molecule has 12 aliphatic rings. The Morgan fingerprint density at radius 3 is 0.882 bits per heavy atom. The maximum atomic E-state index is 13.5. The first-order valence-electron chi connectivity index (χ1n) is 40.1. The van der Waals surface area contributed by atoms with E-state index >= 15 is 0 Å². The van der Waals surface area contributed by atoms with Crippen molar-refractivity contribution in [2.75, 3.05) is 78.9 Å². The van der Waals surface area contributed by atoms with Gasteiger partial charge in [-0.15, -0.1) is 0 Å². The molecule has 6 aliphatic heterocycles. The molecule has 6 saturated heterocycles. The number of carbonyl (C=O) groups is 6. The van der Waals surface area contributed by atoms with Gasteiger partial charge in [0.2, 0.25) is 17.7 Å². The standard InChI is InChI=1S/3C28H37N3O3/c3*1-30-25-8-4-19(18-10-13-34-14-11-18)15-23(25)24-16-20(5-9-26(24)30)28(33)31-12-2-3-21(17-31)27(32)29-22-6-7-22/h3*5,9,16,18-19,21-22H,2-4,6-8,10-15,17H2,1H3,(H,29,32)/t3*19?,21-/m000/s1. The van der Waals surface area contributed by atoms with E-state index in [2.05, 4.69) is 87.2 Å². The van der Waals surface area contributed by atoms with Gasteiger partial charge in [0, 0.05) is 185 Å². The SMILES string of the molecule is Cn1c2c(c3cc(C(=O)N4CCC[C@H](C(=O)NC5CC5)C4)ccc31)CC(C1CCOCC1)CC2.Cn1c2c(c3cc(C(=O)N4CCC[C@H](C(=O)NC5CC5)C4)ccc31)CC(C1CCOCC1)CC2.Cn1c2c(c3cc(C(=O)N4CCC[C@H](C(=O)NC5CC5)C4)ccc31)CC(C1CCOCC1)CC2. The van der Waals surface area contributed by atoms with Crippen molar-refractivity contribution in [1.29, 1.82) is 0 Å². The number of aryl methyl sites for hydroxylation is 3. The number of rotatable bonds is 12. The van der Waals surface area contributed by atoms with Crippen LogP contribution in [0.3, 0.4) is 0 Å². The van der Waals surface area contributed by atoms with Crippen LogP contribution in [0, 0.1) is 53.3 Å². The summed E-state index contributed by atoms with van der Waals surface area (Å²) in [6, 6.07) is 19.9. The summed E-state index contributed by atoms with van der Waals surface area (Å²) in [5, 5.41) is 13.1. The molecule has 0 spiro atoms. The van der Waals surface area contributed by atoms with E-state index in [0.29, 0.717) is 55.5 Å². The summed E-state index contributed by atoms with van der Waals surface area (Å²) in [4.78, 5) is 84.0. The summed E-state index contributed by atoms with van der Waals surface area (Å²) in [5.74, 6) is 4.80. The highest BCUT2D eigenvalue weighted by Crippen LogP contribution is 2.44. The Hall–Kier alpha value is -7.02. The number of ether oxygens (including phenoxy) is 3. The number of hydrogen-bond donors (Lipinski definition) is 3. The molecule has 9 heterocycles. The van der Waals surface area contributed by atoms with Gasteiger partial charge in [-0.1, -0.05) is 0 Å². The maximum Gasteiger partial charge on any atom is 0.253 e. The molecule has 6 atom stereocenters. The average Bonchev–Trinajstić information content (AvgIpc) is 1.61. The zero-order valence-corrected chi connectivity index (χ0v) is 61.1. The second-order valence-corrected chi connectivity index (χ2v) is 33.1. The highest BCUT2D eigenvalue weighted by atomic mass is 16.5. The lowest BCUT2D eigenvalue weighted by molar-refractivity contribution is -0.127. The highest BCUT2D eigenvalue weighted by molar-refractivity contribution is 6.02. The summed E-state index contributed by atoms with van der Waals surface area (Å²) >= 11 is 0. The first-order valence-corrected chi connectivity index (χ1v) is 40.1. The molecule has 6 amide bonds. The van der Waals surface area contributed by atoms with Gasteiger partial charge in [-0.25, -0.2) is 0 Å². The highest BCUT2D eigenvalue weighted by Gasteiger charge is 2.39. The molecule has 18 nitrogen and oxygen atoms in total. The minimum absolute atomic E-state index is 0.0696. The summed E-state index contributed by atoms with van der Waals surface area (Å²) in [5.41, 5.74) is 14.7. The van der Waals surface area contributed by atoms with Crippen LogP contribution in [0.2, 0.25) is 0 Å². The lowest BCUT2D eigenvalue weighted by Crippen LogP contribution is -2.45. The molecule has 18 heteroatoms. The number of aromatic nitrogens is 3. The average molecular weight is 1390 g/mol. The van der Waals surface area contributed by atoms with E-state index in [9.17, 15) is 28.8 Å². The first kappa shape index (κ1) is 69.4. The van der Waals surface area contributed by atoms with Gasteiger partial charge >= 0.3 is 0 Å². The summed E-state index contributed by atoms with van der Waals surface area (Å²) in [7, 11) is 6.52. The lowest BCUT2D eigenvalue weighted by atomic mass is 9.75. The van der Waals surface area contributed by atoms with Gasteiger partial charge in [-0.3, -0.25) is 28.8 Å². The van der Waals surface area contributed by atoms with Crippen molar-refractivity contribution in [2.24, 2.45) is 74.4 Å². The predicted octanol–water partition coefficient (Wildman–Crippen LogP) is 11.5. The van der Waals surface area contributed by atoms with E-state index < -0.39 is 0 Å². The number of hydrogen-bond acceptors (Lipinski definition) is 9. The molecule has 0 bridgehead atoms. The Kier molecular flexibility index (Phi) is 20.5. The van der Waals surface area contributed by atoms with Crippen molar-refractivity contribution in [3.05, 3.63) is 105 Å². The van der Waals surface area contributed by atoms with Crippen LogP contribution in [-0.2, 0) is 88.3 Å². The first-order chi connectivity index (χ1) is 49.7. The van der Waals surface area contributed by atoms with Crippen LogP contribution >= 0.6 is 0 Å². The zero-order valence-electron chi connectivity index (χ0n) is 61.1. The molecule has 6 aliphatic carbocycles. The molecule has 102 heavy (non-hydrogen) atoms. The number of fused-ring (bicyclic) bond motifs is 9.